The average molecular weight is 272 g/mol. The Bertz CT molecular complexity index is 813. The molecule has 20 heavy (non-hydrogen) atoms. The third-order valence-corrected chi connectivity index (χ3v) is 3.50. The lowest BCUT2D eigenvalue weighted by Crippen LogP contribution is -2.09. The topological polar surface area (TPSA) is 27.1 Å². The molecule has 0 saturated heterocycles. The number of imidazole rings is 1. The van der Waals surface area contributed by atoms with E-state index in [0.29, 0.717) is 0 Å². The van der Waals surface area contributed by atoms with E-state index in [0.717, 1.165) is 29.0 Å². The molecule has 100 valence electrons. The Kier molecular flexibility index (Phi) is 2.37. The Labute approximate surface area is 113 Å². The molecule has 0 bridgehead atoms. The fraction of sp³-hybridized carbons (Fsp3) is 0.133. The van der Waals surface area contributed by atoms with E-state index in [9.17, 15) is 8.78 Å². The highest BCUT2D eigenvalue weighted by molar-refractivity contribution is 5.76. The van der Waals surface area contributed by atoms with Gasteiger partial charge in [-0.15, -0.1) is 0 Å². The third kappa shape index (κ3) is 1.56. The van der Waals surface area contributed by atoms with Gasteiger partial charge >= 0.3 is 0 Å². The summed E-state index contributed by atoms with van der Waals surface area (Å²) in [5, 5.41) is 0. The van der Waals surface area contributed by atoms with E-state index in [1.807, 2.05) is 28.8 Å². The lowest BCUT2D eigenvalue weighted by molar-refractivity contribution is 0.0616. The van der Waals surface area contributed by atoms with E-state index in [4.69, 9.17) is 4.74 Å². The number of rotatable bonds is 1. The van der Waals surface area contributed by atoms with Crippen LogP contribution in [0.25, 0.3) is 11.0 Å². The summed E-state index contributed by atoms with van der Waals surface area (Å²) in [7, 11) is 0. The summed E-state index contributed by atoms with van der Waals surface area (Å²) in [6, 6.07) is 10.9. The highest BCUT2D eigenvalue weighted by Gasteiger charge is 2.29. The first-order valence-electron chi connectivity index (χ1n) is 6.26. The monoisotopic (exact) mass is 272 g/mol. The SMILES string of the molecule is Fc1ccc(F)c(C2OCc3nc4ccccc4n32)c1. The van der Waals surface area contributed by atoms with E-state index in [-0.39, 0.29) is 12.2 Å². The minimum atomic E-state index is -0.673. The quantitative estimate of drug-likeness (QED) is 0.679. The predicted molar refractivity (Wildman–Crippen MR) is 69.0 cm³/mol. The molecule has 0 fully saturated rings. The molecule has 0 amide bonds. The molecule has 1 atom stereocenters. The number of nitrogens with zero attached hydrogens (tertiary/aromatic N) is 2. The van der Waals surface area contributed by atoms with Gasteiger partial charge in [0.05, 0.1) is 11.0 Å². The Hall–Kier alpha value is -2.27. The largest absolute Gasteiger partial charge is 0.346 e. The minimum absolute atomic E-state index is 0.187. The Morgan fingerprint density at radius 1 is 1.15 bits per heavy atom. The molecule has 1 aromatic heterocycles. The lowest BCUT2D eigenvalue weighted by Gasteiger charge is -2.15. The predicted octanol–water partition coefficient (Wildman–Crippen LogP) is 3.39. The van der Waals surface area contributed by atoms with Crippen LogP contribution in [0.5, 0.6) is 0 Å². The van der Waals surface area contributed by atoms with E-state index in [1.165, 1.54) is 6.07 Å². The maximum atomic E-state index is 13.9. The number of para-hydroxylation sites is 2. The summed E-state index contributed by atoms with van der Waals surface area (Å²) in [6.45, 7) is 0.287. The normalized spacial score (nSPS) is 17.6. The summed E-state index contributed by atoms with van der Waals surface area (Å²) < 4.78 is 34.7. The summed E-state index contributed by atoms with van der Waals surface area (Å²) in [6.07, 6.45) is -0.673. The standard InChI is InChI=1S/C15H10F2N2O/c16-9-5-6-11(17)10(7-9)15-19-13-4-2-1-3-12(13)18-14(19)8-20-15/h1-7,15H,8H2. The molecule has 0 aliphatic carbocycles. The summed E-state index contributed by atoms with van der Waals surface area (Å²) >= 11 is 0. The number of halogens is 2. The molecule has 1 unspecified atom stereocenters. The number of hydrogen-bond donors (Lipinski definition) is 0. The van der Waals surface area contributed by atoms with Gasteiger partial charge in [-0.3, -0.25) is 4.57 Å². The number of benzene rings is 2. The van der Waals surface area contributed by atoms with Crippen molar-refractivity contribution in [3.05, 3.63) is 65.5 Å². The molecule has 4 rings (SSSR count). The van der Waals surface area contributed by atoms with E-state index in [2.05, 4.69) is 4.98 Å². The molecule has 2 heterocycles. The van der Waals surface area contributed by atoms with Crippen LogP contribution in [0, 0.1) is 11.6 Å². The van der Waals surface area contributed by atoms with Gasteiger partial charge in [0.1, 0.15) is 24.1 Å². The van der Waals surface area contributed by atoms with Crippen molar-refractivity contribution in [3.63, 3.8) is 0 Å². The molecular formula is C15H10F2N2O. The first-order valence-corrected chi connectivity index (χ1v) is 6.26. The molecule has 0 spiro atoms. The van der Waals surface area contributed by atoms with Crippen molar-refractivity contribution in [3.8, 4) is 0 Å². The van der Waals surface area contributed by atoms with Crippen LogP contribution in [0.3, 0.4) is 0 Å². The Morgan fingerprint density at radius 3 is 2.90 bits per heavy atom. The van der Waals surface area contributed by atoms with Crippen molar-refractivity contribution in [1.82, 2.24) is 9.55 Å². The van der Waals surface area contributed by atoms with Crippen LogP contribution < -0.4 is 0 Å². The molecule has 1 aliphatic heterocycles. The van der Waals surface area contributed by atoms with Crippen LogP contribution in [0.2, 0.25) is 0 Å². The molecule has 0 saturated carbocycles. The number of hydrogen-bond acceptors (Lipinski definition) is 2. The maximum Gasteiger partial charge on any atom is 0.165 e. The van der Waals surface area contributed by atoms with Crippen molar-refractivity contribution < 1.29 is 13.5 Å². The Morgan fingerprint density at radius 2 is 2.00 bits per heavy atom. The van der Waals surface area contributed by atoms with Gasteiger partial charge in [-0.1, -0.05) is 12.1 Å². The smallest absolute Gasteiger partial charge is 0.165 e. The van der Waals surface area contributed by atoms with Gasteiger partial charge in [0.15, 0.2) is 6.23 Å². The van der Waals surface area contributed by atoms with Crippen molar-refractivity contribution in [2.45, 2.75) is 12.8 Å². The molecular weight excluding hydrogens is 262 g/mol. The number of ether oxygens (including phenoxy) is 1. The molecule has 1 aliphatic rings. The van der Waals surface area contributed by atoms with Gasteiger partial charge in [0.2, 0.25) is 0 Å². The fourth-order valence-corrected chi connectivity index (χ4v) is 2.62. The van der Waals surface area contributed by atoms with Crippen LogP contribution in [-0.4, -0.2) is 9.55 Å². The van der Waals surface area contributed by atoms with Gasteiger partial charge in [0.25, 0.3) is 0 Å². The third-order valence-electron chi connectivity index (χ3n) is 3.50. The molecule has 5 heteroatoms. The van der Waals surface area contributed by atoms with E-state index < -0.39 is 17.9 Å². The van der Waals surface area contributed by atoms with Crippen LogP contribution >= 0.6 is 0 Å². The second-order valence-corrected chi connectivity index (χ2v) is 4.72. The van der Waals surface area contributed by atoms with Gasteiger partial charge in [-0.25, -0.2) is 13.8 Å². The van der Waals surface area contributed by atoms with Crippen LogP contribution in [-0.2, 0) is 11.3 Å². The zero-order chi connectivity index (χ0) is 13.7. The first-order chi connectivity index (χ1) is 9.74. The molecule has 2 aromatic carbocycles. The fourth-order valence-electron chi connectivity index (χ4n) is 2.62. The van der Waals surface area contributed by atoms with Crippen molar-refractivity contribution in [2.75, 3.05) is 0 Å². The number of aromatic nitrogens is 2. The van der Waals surface area contributed by atoms with Gasteiger partial charge < -0.3 is 4.74 Å². The van der Waals surface area contributed by atoms with Gasteiger partial charge in [-0.05, 0) is 30.3 Å². The highest BCUT2D eigenvalue weighted by atomic mass is 19.1. The summed E-state index contributed by atoms with van der Waals surface area (Å²) in [4.78, 5) is 4.44. The van der Waals surface area contributed by atoms with Crippen molar-refractivity contribution in [2.24, 2.45) is 0 Å². The molecule has 0 radical (unpaired) electrons. The second kappa shape index (κ2) is 4.11. The number of fused-ring (bicyclic) bond motifs is 3. The van der Waals surface area contributed by atoms with Crippen LogP contribution in [0.15, 0.2) is 42.5 Å². The molecule has 3 aromatic rings. The molecule has 0 N–H and O–H groups in total. The zero-order valence-electron chi connectivity index (χ0n) is 10.4. The van der Waals surface area contributed by atoms with Crippen molar-refractivity contribution >= 4 is 11.0 Å². The highest BCUT2D eigenvalue weighted by Crippen LogP contribution is 2.34. The second-order valence-electron chi connectivity index (χ2n) is 4.72. The van der Waals surface area contributed by atoms with E-state index in [1.54, 1.807) is 0 Å². The molecule has 3 nitrogen and oxygen atoms in total. The lowest BCUT2D eigenvalue weighted by atomic mass is 10.1. The van der Waals surface area contributed by atoms with Crippen LogP contribution in [0.4, 0.5) is 8.78 Å². The van der Waals surface area contributed by atoms with Gasteiger partial charge in [-0.2, -0.15) is 0 Å². The minimum Gasteiger partial charge on any atom is -0.346 e. The van der Waals surface area contributed by atoms with Gasteiger partial charge in [0, 0.05) is 5.56 Å². The maximum absolute atomic E-state index is 13.9. The first kappa shape index (κ1) is 11.5. The zero-order valence-corrected chi connectivity index (χ0v) is 10.4. The van der Waals surface area contributed by atoms with Crippen molar-refractivity contribution in [1.29, 1.82) is 0 Å². The summed E-state index contributed by atoms with van der Waals surface area (Å²) in [5.74, 6) is -0.246. The average Bonchev–Trinajstić information content (AvgIpc) is 3.00. The summed E-state index contributed by atoms with van der Waals surface area (Å²) in [5.41, 5.74) is 1.87. The Balaban J connectivity index is 1.94. The van der Waals surface area contributed by atoms with E-state index >= 15 is 0 Å². The van der Waals surface area contributed by atoms with Crippen LogP contribution in [0.1, 0.15) is 17.6 Å².